The molecule has 1 fully saturated rings. The van der Waals surface area contributed by atoms with Crippen LogP contribution >= 0.6 is 0 Å². The molecule has 2 rings (SSSR count). The first-order valence-corrected chi connectivity index (χ1v) is 8.34. The molecule has 20 heavy (non-hydrogen) atoms. The third kappa shape index (κ3) is 2.74. The van der Waals surface area contributed by atoms with E-state index in [2.05, 4.69) is 0 Å². The highest BCUT2D eigenvalue weighted by molar-refractivity contribution is 7.89. The highest BCUT2D eigenvalue weighted by Gasteiger charge is 2.34. The summed E-state index contributed by atoms with van der Waals surface area (Å²) in [5, 5.41) is 0. The van der Waals surface area contributed by atoms with Gasteiger partial charge in [0.2, 0.25) is 10.0 Å². The minimum atomic E-state index is -3.49. The van der Waals surface area contributed by atoms with Gasteiger partial charge in [-0.05, 0) is 30.5 Å². The SMILES string of the molecule is CCC1COCCN1S(=O)(=O)c1cccc(CN)c1C. The molecule has 1 unspecified atom stereocenters. The minimum absolute atomic E-state index is 0.0883. The number of nitrogens with two attached hydrogens (primary N) is 1. The Balaban J connectivity index is 2.44. The molecule has 2 N–H and O–H groups in total. The summed E-state index contributed by atoms with van der Waals surface area (Å²) in [7, 11) is -3.49. The fourth-order valence-corrected chi connectivity index (χ4v) is 4.50. The molecule has 0 spiro atoms. The van der Waals surface area contributed by atoms with Gasteiger partial charge in [0.05, 0.1) is 18.1 Å². The smallest absolute Gasteiger partial charge is 0.243 e. The van der Waals surface area contributed by atoms with Crippen molar-refractivity contribution < 1.29 is 13.2 Å². The third-order valence-electron chi connectivity index (χ3n) is 3.85. The average Bonchev–Trinajstić information content (AvgIpc) is 2.47. The van der Waals surface area contributed by atoms with Crippen LogP contribution in [0.15, 0.2) is 23.1 Å². The number of ether oxygens (including phenoxy) is 1. The van der Waals surface area contributed by atoms with Gasteiger partial charge in [0, 0.05) is 19.1 Å². The first-order valence-electron chi connectivity index (χ1n) is 6.90. The quantitative estimate of drug-likeness (QED) is 0.908. The van der Waals surface area contributed by atoms with Crippen molar-refractivity contribution in [1.29, 1.82) is 0 Å². The van der Waals surface area contributed by atoms with Gasteiger partial charge >= 0.3 is 0 Å². The van der Waals surface area contributed by atoms with E-state index in [0.717, 1.165) is 17.5 Å². The standard InChI is InChI=1S/C14H22N2O3S/c1-3-13-10-19-8-7-16(13)20(17,18)14-6-4-5-12(9-15)11(14)2/h4-6,13H,3,7-10,15H2,1-2H3. The Bertz CT molecular complexity index is 572. The summed E-state index contributed by atoms with van der Waals surface area (Å²) in [4.78, 5) is 0.362. The van der Waals surface area contributed by atoms with Crippen molar-refractivity contribution in [2.75, 3.05) is 19.8 Å². The van der Waals surface area contributed by atoms with Crippen LogP contribution in [0.5, 0.6) is 0 Å². The van der Waals surface area contributed by atoms with E-state index in [1.165, 1.54) is 0 Å². The Morgan fingerprint density at radius 1 is 1.45 bits per heavy atom. The zero-order chi connectivity index (χ0) is 14.8. The topological polar surface area (TPSA) is 72.6 Å². The van der Waals surface area contributed by atoms with E-state index in [0.29, 0.717) is 31.2 Å². The van der Waals surface area contributed by atoms with Crippen LogP contribution in [0, 0.1) is 6.92 Å². The van der Waals surface area contributed by atoms with Crippen molar-refractivity contribution in [3.05, 3.63) is 29.3 Å². The summed E-state index contributed by atoms with van der Waals surface area (Å²) in [5.41, 5.74) is 7.28. The van der Waals surface area contributed by atoms with Gasteiger partial charge in [0.25, 0.3) is 0 Å². The summed E-state index contributed by atoms with van der Waals surface area (Å²) < 4.78 is 32.7. The zero-order valence-corrected chi connectivity index (χ0v) is 12.8. The van der Waals surface area contributed by atoms with Gasteiger partial charge in [0.1, 0.15) is 0 Å². The molecule has 0 amide bonds. The Kier molecular flexibility index (Phi) is 4.80. The first-order chi connectivity index (χ1) is 9.52. The number of morpholine rings is 1. The molecule has 1 atom stereocenters. The van der Waals surface area contributed by atoms with Gasteiger partial charge < -0.3 is 10.5 Å². The van der Waals surface area contributed by atoms with Crippen LogP contribution in [-0.2, 0) is 21.3 Å². The van der Waals surface area contributed by atoms with E-state index in [-0.39, 0.29) is 6.04 Å². The maximum atomic E-state index is 12.9. The Hall–Kier alpha value is -0.950. The molecule has 1 aromatic carbocycles. The van der Waals surface area contributed by atoms with Gasteiger partial charge in [0.15, 0.2) is 0 Å². The molecule has 0 saturated carbocycles. The van der Waals surface area contributed by atoms with Crippen molar-refractivity contribution >= 4 is 10.0 Å². The van der Waals surface area contributed by atoms with Crippen molar-refractivity contribution in [2.24, 2.45) is 5.73 Å². The molecule has 0 bridgehead atoms. The predicted octanol–water partition coefficient (Wildman–Crippen LogP) is 1.25. The molecule has 1 aliphatic heterocycles. The molecule has 0 radical (unpaired) electrons. The van der Waals surface area contributed by atoms with Crippen LogP contribution in [0.25, 0.3) is 0 Å². The molecular formula is C14H22N2O3S. The fourth-order valence-electron chi connectivity index (χ4n) is 2.56. The van der Waals surface area contributed by atoms with Gasteiger partial charge in [-0.15, -0.1) is 0 Å². The van der Waals surface area contributed by atoms with Crippen molar-refractivity contribution in [1.82, 2.24) is 4.31 Å². The Labute approximate surface area is 120 Å². The summed E-state index contributed by atoms with van der Waals surface area (Å²) in [6.45, 7) is 5.46. The summed E-state index contributed by atoms with van der Waals surface area (Å²) in [6.07, 6.45) is 0.745. The molecule has 1 aliphatic rings. The average molecular weight is 298 g/mol. The summed E-state index contributed by atoms with van der Waals surface area (Å²) in [6, 6.07) is 5.19. The fraction of sp³-hybridized carbons (Fsp3) is 0.571. The van der Waals surface area contributed by atoms with Crippen molar-refractivity contribution in [2.45, 2.75) is 37.8 Å². The van der Waals surface area contributed by atoms with Gasteiger partial charge in [-0.3, -0.25) is 0 Å². The second-order valence-corrected chi connectivity index (χ2v) is 6.86. The molecule has 1 aromatic rings. The Morgan fingerprint density at radius 3 is 2.85 bits per heavy atom. The summed E-state index contributed by atoms with van der Waals surface area (Å²) >= 11 is 0. The highest BCUT2D eigenvalue weighted by Crippen LogP contribution is 2.26. The van der Waals surface area contributed by atoms with Crippen LogP contribution in [-0.4, -0.2) is 38.5 Å². The normalized spacial score (nSPS) is 21.1. The van der Waals surface area contributed by atoms with Crippen molar-refractivity contribution in [3.8, 4) is 0 Å². The maximum absolute atomic E-state index is 12.9. The molecule has 0 aliphatic carbocycles. The van der Waals surface area contributed by atoms with E-state index >= 15 is 0 Å². The van der Waals surface area contributed by atoms with E-state index in [1.54, 1.807) is 16.4 Å². The Morgan fingerprint density at radius 2 is 2.20 bits per heavy atom. The minimum Gasteiger partial charge on any atom is -0.378 e. The van der Waals surface area contributed by atoms with Gasteiger partial charge in [-0.25, -0.2) is 8.42 Å². The lowest BCUT2D eigenvalue weighted by Gasteiger charge is -2.34. The molecule has 6 heteroatoms. The lowest BCUT2D eigenvalue weighted by Crippen LogP contribution is -2.48. The second kappa shape index (κ2) is 6.22. The van der Waals surface area contributed by atoms with Crippen LogP contribution in [0.3, 0.4) is 0 Å². The number of hydrogen-bond donors (Lipinski definition) is 1. The van der Waals surface area contributed by atoms with Gasteiger partial charge in [-0.2, -0.15) is 4.31 Å². The van der Waals surface area contributed by atoms with Crippen molar-refractivity contribution in [3.63, 3.8) is 0 Å². The second-order valence-electron chi connectivity index (χ2n) is 5.00. The lowest BCUT2D eigenvalue weighted by atomic mass is 10.1. The largest absolute Gasteiger partial charge is 0.378 e. The number of benzene rings is 1. The monoisotopic (exact) mass is 298 g/mol. The number of rotatable bonds is 4. The maximum Gasteiger partial charge on any atom is 0.243 e. The van der Waals surface area contributed by atoms with E-state index in [4.69, 9.17) is 10.5 Å². The molecular weight excluding hydrogens is 276 g/mol. The molecule has 112 valence electrons. The van der Waals surface area contributed by atoms with Crippen LogP contribution in [0.4, 0.5) is 0 Å². The third-order valence-corrected chi connectivity index (χ3v) is 5.94. The lowest BCUT2D eigenvalue weighted by molar-refractivity contribution is 0.0314. The van der Waals surface area contributed by atoms with Crippen LogP contribution in [0.1, 0.15) is 24.5 Å². The van der Waals surface area contributed by atoms with Crippen LogP contribution in [0.2, 0.25) is 0 Å². The first kappa shape index (κ1) is 15.4. The number of sulfonamides is 1. The van der Waals surface area contributed by atoms with Crippen LogP contribution < -0.4 is 5.73 Å². The van der Waals surface area contributed by atoms with E-state index in [9.17, 15) is 8.42 Å². The van der Waals surface area contributed by atoms with E-state index in [1.807, 2.05) is 19.9 Å². The number of nitrogens with zero attached hydrogens (tertiary/aromatic N) is 1. The number of hydrogen-bond acceptors (Lipinski definition) is 4. The molecule has 0 aromatic heterocycles. The van der Waals surface area contributed by atoms with E-state index < -0.39 is 10.0 Å². The molecule has 1 saturated heterocycles. The summed E-state index contributed by atoms with van der Waals surface area (Å²) in [5.74, 6) is 0. The zero-order valence-electron chi connectivity index (χ0n) is 12.0. The highest BCUT2D eigenvalue weighted by atomic mass is 32.2. The van der Waals surface area contributed by atoms with Gasteiger partial charge in [-0.1, -0.05) is 19.1 Å². The molecule has 5 nitrogen and oxygen atoms in total. The predicted molar refractivity (Wildman–Crippen MR) is 77.9 cm³/mol. The molecule has 1 heterocycles.